The zero-order valence-corrected chi connectivity index (χ0v) is 13.2. The number of rotatable bonds is 4. The van der Waals surface area contributed by atoms with Crippen molar-refractivity contribution in [1.29, 1.82) is 0 Å². The van der Waals surface area contributed by atoms with E-state index in [4.69, 9.17) is 9.84 Å². The Morgan fingerprint density at radius 1 is 1.20 bits per heavy atom. The second kappa shape index (κ2) is 6.37. The first-order chi connectivity index (χ1) is 9.50. The Hall–Kier alpha value is -1.40. The largest absolute Gasteiger partial charge is 0.487 e. The van der Waals surface area contributed by atoms with E-state index in [0.717, 1.165) is 0 Å². The highest BCUT2D eigenvalue weighted by atomic mass is 79.9. The summed E-state index contributed by atoms with van der Waals surface area (Å²) in [5.41, 5.74) is 0.643. The first kappa shape index (κ1) is 15.0. The third kappa shape index (κ3) is 3.19. The smallest absolute Gasteiger partial charge is 0.339 e. The number of aromatic carboxylic acids is 1. The summed E-state index contributed by atoms with van der Waals surface area (Å²) < 4.78 is 19.8. The fraction of sp³-hybridized carbons (Fsp3) is 0.0714. The summed E-state index contributed by atoms with van der Waals surface area (Å²) >= 11 is 6.38. The Morgan fingerprint density at radius 3 is 2.60 bits per heavy atom. The molecule has 0 saturated carbocycles. The number of hydrogen-bond donors (Lipinski definition) is 1. The molecule has 0 spiro atoms. The van der Waals surface area contributed by atoms with E-state index in [1.54, 1.807) is 24.3 Å². The van der Waals surface area contributed by atoms with Gasteiger partial charge in [0.2, 0.25) is 0 Å². The topological polar surface area (TPSA) is 46.5 Å². The fourth-order valence-electron chi connectivity index (χ4n) is 1.63. The van der Waals surface area contributed by atoms with Gasteiger partial charge in [0, 0.05) is 5.56 Å². The molecule has 2 aromatic rings. The number of hydrogen-bond acceptors (Lipinski definition) is 2. The van der Waals surface area contributed by atoms with Gasteiger partial charge >= 0.3 is 5.97 Å². The zero-order chi connectivity index (χ0) is 14.7. The van der Waals surface area contributed by atoms with Gasteiger partial charge in [-0.3, -0.25) is 0 Å². The van der Waals surface area contributed by atoms with Crippen molar-refractivity contribution in [1.82, 2.24) is 0 Å². The van der Waals surface area contributed by atoms with Gasteiger partial charge in [0.1, 0.15) is 23.7 Å². The standard InChI is InChI=1S/C14H9Br2FO3/c15-10-5-2-4-9(14(18)19)13(10)20-7-8-3-1-6-11(17)12(8)16/h1-6H,7H2,(H,18,19). The van der Waals surface area contributed by atoms with Gasteiger partial charge in [0.15, 0.2) is 0 Å². The molecule has 0 saturated heterocycles. The molecule has 0 aliphatic rings. The van der Waals surface area contributed by atoms with Gasteiger partial charge in [-0.2, -0.15) is 0 Å². The van der Waals surface area contributed by atoms with Crippen molar-refractivity contribution in [3.63, 3.8) is 0 Å². The number of carbonyl (C=O) groups is 1. The van der Waals surface area contributed by atoms with Crippen LogP contribution < -0.4 is 4.74 Å². The van der Waals surface area contributed by atoms with Crippen molar-refractivity contribution in [2.24, 2.45) is 0 Å². The molecule has 0 aliphatic heterocycles. The van der Waals surface area contributed by atoms with E-state index in [1.807, 2.05) is 0 Å². The summed E-state index contributed by atoms with van der Waals surface area (Å²) in [6, 6.07) is 9.33. The second-order valence-corrected chi connectivity index (χ2v) is 5.57. The molecule has 1 N–H and O–H groups in total. The van der Waals surface area contributed by atoms with Crippen LogP contribution in [0.5, 0.6) is 5.75 Å². The Morgan fingerprint density at radius 2 is 1.90 bits per heavy atom. The number of carboxylic acids is 1. The molecule has 20 heavy (non-hydrogen) atoms. The minimum absolute atomic E-state index is 0.0481. The molecule has 0 unspecified atom stereocenters. The molecular weight excluding hydrogens is 395 g/mol. The summed E-state index contributed by atoms with van der Waals surface area (Å²) in [6.45, 7) is 0.0568. The molecule has 6 heteroatoms. The predicted octanol–water partition coefficient (Wildman–Crippen LogP) is 4.63. The molecule has 2 rings (SSSR count). The number of para-hydroxylation sites is 1. The Bertz CT molecular complexity index is 659. The number of benzene rings is 2. The highest BCUT2D eigenvalue weighted by molar-refractivity contribution is 9.10. The highest BCUT2D eigenvalue weighted by Gasteiger charge is 2.15. The first-order valence-corrected chi connectivity index (χ1v) is 7.17. The van der Waals surface area contributed by atoms with Crippen molar-refractivity contribution in [2.45, 2.75) is 6.61 Å². The van der Waals surface area contributed by atoms with Crippen LogP contribution in [0.15, 0.2) is 45.3 Å². The van der Waals surface area contributed by atoms with Crippen LogP contribution >= 0.6 is 31.9 Å². The third-order valence-corrected chi connectivity index (χ3v) is 4.11. The molecule has 0 heterocycles. The number of carboxylic acid groups (broad SMARTS) is 1. The molecule has 0 radical (unpaired) electrons. The molecule has 0 aliphatic carbocycles. The van der Waals surface area contributed by atoms with E-state index in [2.05, 4.69) is 31.9 Å². The van der Waals surface area contributed by atoms with Gasteiger partial charge in [-0.15, -0.1) is 0 Å². The maximum absolute atomic E-state index is 13.4. The minimum Gasteiger partial charge on any atom is -0.487 e. The van der Waals surface area contributed by atoms with Crippen LogP contribution in [0.4, 0.5) is 4.39 Å². The first-order valence-electron chi connectivity index (χ1n) is 5.58. The molecule has 0 amide bonds. The predicted molar refractivity (Wildman–Crippen MR) is 79.5 cm³/mol. The lowest BCUT2D eigenvalue weighted by Crippen LogP contribution is -2.04. The van der Waals surface area contributed by atoms with Gasteiger partial charge in [0.25, 0.3) is 0 Å². The molecule has 104 valence electrons. The summed E-state index contributed by atoms with van der Waals surface area (Å²) in [5, 5.41) is 9.12. The lowest BCUT2D eigenvalue weighted by atomic mass is 10.2. The third-order valence-electron chi connectivity index (χ3n) is 2.60. The van der Waals surface area contributed by atoms with E-state index in [0.29, 0.717) is 14.5 Å². The van der Waals surface area contributed by atoms with Gasteiger partial charge in [-0.1, -0.05) is 18.2 Å². The summed E-state index contributed by atoms with van der Waals surface area (Å²) in [5.74, 6) is -1.26. The maximum Gasteiger partial charge on any atom is 0.339 e. The van der Waals surface area contributed by atoms with Gasteiger partial charge in [-0.25, -0.2) is 9.18 Å². The molecule has 0 bridgehead atoms. The van der Waals surface area contributed by atoms with E-state index in [9.17, 15) is 9.18 Å². The summed E-state index contributed by atoms with van der Waals surface area (Å²) in [7, 11) is 0. The normalized spacial score (nSPS) is 10.3. The van der Waals surface area contributed by atoms with E-state index in [1.165, 1.54) is 12.1 Å². The second-order valence-electron chi connectivity index (χ2n) is 3.92. The molecule has 3 nitrogen and oxygen atoms in total. The van der Waals surface area contributed by atoms with Crippen molar-refractivity contribution in [3.8, 4) is 5.75 Å². The minimum atomic E-state index is -1.08. The molecule has 0 fully saturated rings. The summed E-state index contributed by atoms with van der Waals surface area (Å²) in [6.07, 6.45) is 0. The van der Waals surface area contributed by atoms with Crippen LogP contribution in [-0.2, 0) is 6.61 Å². The van der Waals surface area contributed by atoms with E-state index >= 15 is 0 Å². The average molecular weight is 404 g/mol. The zero-order valence-electron chi connectivity index (χ0n) is 10.1. The average Bonchev–Trinajstić information content (AvgIpc) is 2.41. The molecule has 0 aromatic heterocycles. The van der Waals surface area contributed by atoms with Gasteiger partial charge in [-0.05, 0) is 50.1 Å². The quantitative estimate of drug-likeness (QED) is 0.809. The van der Waals surface area contributed by atoms with Gasteiger partial charge < -0.3 is 9.84 Å². The summed E-state index contributed by atoms with van der Waals surface area (Å²) in [4.78, 5) is 11.1. The molecular formula is C14H9Br2FO3. The van der Waals surface area contributed by atoms with Crippen molar-refractivity contribution >= 4 is 37.8 Å². The Kier molecular flexibility index (Phi) is 4.77. The van der Waals surface area contributed by atoms with Crippen LogP contribution in [-0.4, -0.2) is 11.1 Å². The van der Waals surface area contributed by atoms with Crippen LogP contribution in [0.1, 0.15) is 15.9 Å². The van der Waals surface area contributed by atoms with Crippen LogP contribution in [0, 0.1) is 5.82 Å². The lowest BCUT2D eigenvalue weighted by molar-refractivity contribution is 0.0691. The number of ether oxygens (including phenoxy) is 1. The van der Waals surface area contributed by atoms with E-state index < -0.39 is 11.8 Å². The van der Waals surface area contributed by atoms with Crippen molar-refractivity contribution < 1.29 is 19.0 Å². The van der Waals surface area contributed by atoms with Crippen LogP contribution in [0.3, 0.4) is 0 Å². The van der Waals surface area contributed by atoms with Crippen LogP contribution in [0.2, 0.25) is 0 Å². The van der Waals surface area contributed by atoms with E-state index in [-0.39, 0.29) is 17.9 Å². The monoisotopic (exact) mass is 402 g/mol. The maximum atomic E-state index is 13.4. The Labute approximate surface area is 131 Å². The molecule has 2 aromatic carbocycles. The van der Waals surface area contributed by atoms with Crippen molar-refractivity contribution in [2.75, 3.05) is 0 Å². The Balaban J connectivity index is 2.27. The van der Waals surface area contributed by atoms with Crippen LogP contribution in [0.25, 0.3) is 0 Å². The van der Waals surface area contributed by atoms with Gasteiger partial charge in [0.05, 0.1) is 8.95 Å². The SMILES string of the molecule is O=C(O)c1cccc(Br)c1OCc1cccc(F)c1Br. The fourth-order valence-corrected chi connectivity index (χ4v) is 2.49. The van der Waals surface area contributed by atoms with Crippen molar-refractivity contribution in [3.05, 3.63) is 62.3 Å². The molecule has 0 atom stereocenters. The lowest BCUT2D eigenvalue weighted by Gasteiger charge is -2.12. The highest BCUT2D eigenvalue weighted by Crippen LogP contribution is 2.31. The number of halogens is 3.